The zero-order chi connectivity index (χ0) is 20.4. The molecule has 2 aromatic carbocycles. The summed E-state index contributed by atoms with van der Waals surface area (Å²) in [5.74, 6) is -2.45. The van der Waals surface area contributed by atoms with Crippen LogP contribution in [0.5, 0.6) is 0 Å². The van der Waals surface area contributed by atoms with Crippen molar-refractivity contribution in [2.75, 3.05) is 13.2 Å². The van der Waals surface area contributed by atoms with Crippen LogP contribution in [0, 0.1) is 5.92 Å². The summed E-state index contributed by atoms with van der Waals surface area (Å²) >= 11 is 0. The molecule has 0 saturated heterocycles. The van der Waals surface area contributed by atoms with Crippen molar-refractivity contribution in [3.63, 3.8) is 0 Å². The Bertz CT molecular complexity index is 744. The smallest absolute Gasteiger partial charge is 0.339 e. The molecule has 0 aliphatic carbocycles. The lowest BCUT2D eigenvalue weighted by molar-refractivity contribution is -0.182. The Morgan fingerprint density at radius 2 is 1.43 bits per heavy atom. The normalized spacial score (nSPS) is 14.0. The standard InChI is InChI=1S/C23H28O5/c1-3-27-21(24)20(17-19-13-9-6-10-14-19)23(26,22(25)28-4-2)16-15-18-11-7-5-8-12-18/h5-14,20,26H,3-4,15-17H2,1-2H3. The van der Waals surface area contributed by atoms with E-state index in [1.807, 2.05) is 60.7 Å². The van der Waals surface area contributed by atoms with Gasteiger partial charge in [-0.15, -0.1) is 0 Å². The lowest BCUT2D eigenvalue weighted by atomic mass is 9.79. The SMILES string of the molecule is CCOC(=O)C(Cc1ccccc1)C(O)(CCc1ccccc1)C(=O)OCC. The third-order valence-corrected chi connectivity index (χ3v) is 4.70. The zero-order valence-corrected chi connectivity index (χ0v) is 16.5. The first-order valence-corrected chi connectivity index (χ1v) is 9.65. The van der Waals surface area contributed by atoms with Gasteiger partial charge in [-0.1, -0.05) is 60.7 Å². The average Bonchev–Trinajstić information content (AvgIpc) is 2.72. The molecule has 5 heteroatoms. The van der Waals surface area contributed by atoms with Gasteiger partial charge in [0.25, 0.3) is 0 Å². The number of aryl methyl sites for hydroxylation is 1. The highest BCUT2D eigenvalue weighted by molar-refractivity contribution is 5.87. The van der Waals surface area contributed by atoms with Gasteiger partial charge in [-0.3, -0.25) is 4.79 Å². The van der Waals surface area contributed by atoms with Crippen molar-refractivity contribution < 1.29 is 24.2 Å². The second-order valence-corrected chi connectivity index (χ2v) is 6.62. The van der Waals surface area contributed by atoms with Crippen LogP contribution in [0.1, 0.15) is 31.4 Å². The highest BCUT2D eigenvalue weighted by atomic mass is 16.6. The molecule has 28 heavy (non-hydrogen) atoms. The van der Waals surface area contributed by atoms with Crippen molar-refractivity contribution >= 4 is 11.9 Å². The van der Waals surface area contributed by atoms with E-state index in [0.717, 1.165) is 11.1 Å². The molecule has 0 saturated carbocycles. The zero-order valence-electron chi connectivity index (χ0n) is 16.5. The highest BCUT2D eigenvalue weighted by Gasteiger charge is 2.49. The molecule has 150 valence electrons. The Morgan fingerprint density at radius 1 is 0.893 bits per heavy atom. The molecule has 2 unspecified atom stereocenters. The molecule has 0 aliphatic rings. The maximum Gasteiger partial charge on any atom is 0.339 e. The Labute approximate surface area is 166 Å². The van der Waals surface area contributed by atoms with E-state index in [1.54, 1.807) is 13.8 Å². The Hall–Kier alpha value is -2.66. The van der Waals surface area contributed by atoms with E-state index in [0.29, 0.717) is 6.42 Å². The summed E-state index contributed by atoms with van der Waals surface area (Å²) in [5, 5.41) is 11.4. The van der Waals surface area contributed by atoms with Gasteiger partial charge in [0.05, 0.1) is 13.2 Å². The molecule has 0 aliphatic heterocycles. The van der Waals surface area contributed by atoms with Gasteiger partial charge in [0.2, 0.25) is 0 Å². The number of hydrogen-bond donors (Lipinski definition) is 1. The maximum atomic E-state index is 12.7. The quantitative estimate of drug-likeness (QED) is 0.636. The number of rotatable bonds is 10. The summed E-state index contributed by atoms with van der Waals surface area (Å²) in [6.45, 7) is 3.66. The van der Waals surface area contributed by atoms with E-state index in [4.69, 9.17) is 9.47 Å². The van der Waals surface area contributed by atoms with Crippen molar-refractivity contribution in [2.45, 2.75) is 38.7 Å². The minimum Gasteiger partial charge on any atom is -0.466 e. The summed E-state index contributed by atoms with van der Waals surface area (Å²) in [5.41, 5.74) is -0.177. The summed E-state index contributed by atoms with van der Waals surface area (Å²) in [6.07, 6.45) is 0.677. The van der Waals surface area contributed by atoms with Crippen LogP contribution in [0.2, 0.25) is 0 Å². The number of carbonyl (C=O) groups excluding carboxylic acids is 2. The lowest BCUT2D eigenvalue weighted by Gasteiger charge is -2.33. The van der Waals surface area contributed by atoms with Crippen LogP contribution >= 0.6 is 0 Å². The second kappa shape index (κ2) is 10.6. The molecular formula is C23H28O5. The first-order chi connectivity index (χ1) is 13.5. The molecule has 2 rings (SSSR count). The topological polar surface area (TPSA) is 72.8 Å². The van der Waals surface area contributed by atoms with E-state index >= 15 is 0 Å². The summed E-state index contributed by atoms with van der Waals surface area (Å²) < 4.78 is 10.3. The van der Waals surface area contributed by atoms with E-state index in [1.165, 1.54) is 0 Å². The predicted molar refractivity (Wildman–Crippen MR) is 107 cm³/mol. The summed E-state index contributed by atoms with van der Waals surface area (Å²) in [4.78, 5) is 25.5. The molecule has 0 heterocycles. The van der Waals surface area contributed by atoms with E-state index in [9.17, 15) is 14.7 Å². The number of aliphatic hydroxyl groups is 1. The molecule has 0 fully saturated rings. The maximum absolute atomic E-state index is 12.7. The lowest BCUT2D eigenvalue weighted by Crippen LogP contribution is -2.52. The molecule has 0 spiro atoms. The predicted octanol–water partition coefficient (Wildman–Crippen LogP) is 3.34. The molecule has 2 atom stereocenters. The number of ether oxygens (including phenoxy) is 2. The Morgan fingerprint density at radius 3 is 1.96 bits per heavy atom. The molecule has 0 radical (unpaired) electrons. The Kier molecular flexibility index (Phi) is 8.20. The van der Waals surface area contributed by atoms with E-state index in [-0.39, 0.29) is 26.1 Å². The van der Waals surface area contributed by atoms with Gasteiger partial charge in [0, 0.05) is 0 Å². The number of benzene rings is 2. The summed E-state index contributed by atoms with van der Waals surface area (Å²) in [6, 6.07) is 18.8. The first kappa shape index (κ1) is 21.6. The molecule has 0 amide bonds. The van der Waals surface area contributed by atoms with Crippen LogP contribution in [0.4, 0.5) is 0 Å². The Balaban J connectivity index is 2.35. The second-order valence-electron chi connectivity index (χ2n) is 6.62. The number of hydrogen-bond acceptors (Lipinski definition) is 5. The van der Waals surface area contributed by atoms with Crippen molar-refractivity contribution in [3.05, 3.63) is 71.8 Å². The summed E-state index contributed by atoms with van der Waals surface area (Å²) in [7, 11) is 0. The monoisotopic (exact) mass is 384 g/mol. The third kappa shape index (κ3) is 5.67. The first-order valence-electron chi connectivity index (χ1n) is 9.65. The van der Waals surface area contributed by atoms with Crippen molar-refractivity contribution in [1.82, 2.24) is 0 Å². The fourth-order valence-corrected chi connectivity index (χ4v) is 3.19. The van der Waals surface area contributed by atoms with Crippen LogP contribution in [-0.4, -0.2) is 35.9 Å². The number of carbonyl (C=O) groups is 2. The van der Waals surface area contributed by atoms with Gasteiger partial charge in [-0.05, 0) is 44.2 Å². The van der Waals surface area contributed by atoms with Gasteiger partial charge in [-0.2, -0.15) is 0 Å². The van der Waals surface area contributed by atoms with E-state index < -0.39 is 23.5 Å². The van der Waals surface area contributed by atoms with Crippen LogP contribution in [0.25, 0.3) is 0 Å². The molecule has 5 nitrogen and oxygen atoms in total. The van der Waals surface area contributed by atoms with Gasteiger partial charge in [0.1, 0.15) is 5.92 Å². The van der Waals surface area contributed by atoms with Gasteiger partial charge in [-0.25, -0.2) is 4.79 Å². The molecule has 0 aromatic heterocycles. The third-order valence-electron chi connectivity index (χ3n) is 4.70. The van der Waals surface area contributed by atoms with Crippen LogP contribution in [0.15, 0.2) is 60.7 Å². The molecular weight excluding hydrogens is 356 g/mol. The van der Waals surface area contributed by atoms with Crippen molar-refractivity contribution in [2.24, 2.45) is 5.92 Å². The van der Waals surface area contributed by atoms with Crippen molar-refractivity contribution in [1.29, 1.82) is 0 Å². The van der Waals surface area contributed by atoms with Crippen LogP contribution in [-0.2, 0) is 31.9 Å². The minimum absolute atomic E-state index is 0.0617. The van der Waals surface area contributed by atoms with Crippen LogP contribution < -0.4 is 0 Å². The fraction of sp³-hybridized carbons (Fsp3) is 0.391. The average molecular weight is 384 g/mol. The van der Waals surface area contributed by atoms with Gasteiger partial charge >= 0.3 is 11.9 Å². The van der Waals surface area contributed by atoms with Gasteiger partial charge < -0.3 is 14.6 Å². The largest absolute Gasteiger partial charge is 0.466 e. The van der Waals surface area contributed by atoms with Crippen molar-refractivity contribution in [3.8, 4) is 0 Å². The fourth-order valence-electron chi connectivity index (χ4n) is 3.19. The number of esters is 2. The molecule has 0 bridgehead atoms. The highest BCUT2D eigenvalue weighted by Crippen LogP contribution is 2.30. The molecule has 2 aromatic rings. The molecule has 1 N–H and O–H groups in total. The van der Waals surface area contributed by atoms with E-state index in [2.05, 4.69) is 0 Å². The van der Waals surface area contributed by atoms with Crippen LogP contribution in [0.3, 0.4) is 0 Å². The van der Waals surface area contributed by atoms with Gasteiger partial charge in [0.15, 0.2) is 5.60 Å². The minimum atomic E-state index is -1.98.